The number of likely N-dealkylation sites (tertiary alicyclic amines) is 2. The quantitative estimate of drug-likeness (QED) is 0.114. The van der Waals surface area contributed by atoms with Gasteiger partial charge in [0.15, 0.2) is 11.6 Å². The number of hydrogen-bond donors (Lipinski definition) is 0. The van der Waals surface area contributed by atoms with Crippen LogP contribution in [0.3, 0.4) is 0 Å². The van der Waals surface area contributed by atoms with Crippen molar-refractivity contribution in [1.82, 2.24) is 9.80 Å². The lowest BCUT2D eigenvalue weighted by Crippen LogP contribution is -2.37. The van der Waals surface area contributed by atoms with E-state index in [0.717, 1.165) is 87.6 Å². The van der Waals surface area contributed by atoms with Crippen LogP contribution < -0.4 is 9.47 Å². The highest BCUT2D eigenvalue weighted by atomic mass is 16.5. The van der Waals surface area contributed by atoms with Gasteiger partial charge in [-0.25, -0.2) is 0 Å². The predicted octanol–water partition coefficient (Wildman–Crippen LogP) is 8.87. The topological polar surface area (TPSA) is 59.1 Å². The lowest BCUT2D eigenvalue weighted by atomic mass is 9.86. The molecule has 2 fully saturated rings. The third-order valence-corrected chi connectivity index (χ3v) is 9.77. The molecule has 0 saturated carbocycles. The Hall–Kier alpha value is -2.70. The van der Waals surface area contributed by atoms with Crippen LogP contribution in [0.5, 0.6) is 11.5 Å². The Kier molecular flexibility index (Phi) is 16.1. The first-order chi connectivity index (χ1) is 22.6. The summed E-state index contributed by atoms with van der Waals surface area (Å²) in [5.74, 6) is 1.74. The van der Waals surface area contributed by atoms with Gasteiger partial charge < -0.3 is 19.3 Å². The largest absolute Gasteiger partial charge is 0.494 e. The fourth-order valence-corrected chi connectivity index (χ4v) is 6.84. The summed E-state index contributed by atoms with van der Waals surface area (Å²) in [5, 5.41) is 0. The van der Waals surface area contributed by atoms with Crippen LogP contribution in [0.15, 0.2) is 48.5 Å². The normalized spacial score (nSPS) is 17.9. The van der Waals surface area contributed by atoms with E-state index in [9.17, 15) is 9.59 Å². The molecular formula is C40H60N2O4. The van der Waals surface area contributed by atoms with Crippen molar-refractivity contribution in [3.8, 4) is 11.5 Å². The average molecular weight is 633 g/mol. The second-order valence-electron chi connectivity index (χ2n) is 13.6. The maximum Gasteiger partial charge on any atom is 0.167 e. The van der Waals surface area contributed by atoms with Crippen LogP contribution in [0.2, 0.25) is 0 Å². The van der Waals surface area contributed by atoms with Gasteiger partial charge in [0.05, 0.1) is 13.2 Å². The molecule has 2 aliphatic heterocycles. The van der Waals surface area contributed by atoms with Crippen molar-refractivity contribution in [2.45, 2.75) is 104 Å². The summed E-state index contributed by atoms with van der Waals surface area (Å²) < 4.78 is 11.7. The number of Topliss-reactive ketones (excluding diaryl/α,β-unsaturated/α-hetero) is 2. The smallest absolute Gasteiger partial charge is 0.167 e. The summed E-state index contributed by atoms with van der Waals surface area (Å²) in [7, 11) is 0. The van der Waals surface area contributed by atoms with Crippen LogP contribution in [0.4, 0.5) is 0 Å². The second-order valence-corrected chi connectivity index (χ2v) is 13.6. The average Bonchev–Trinajstić information content (AvgIpc) is 3.51. The molecule has 2 aromatic rings. The van der Waals surface area contributed by atoms with Crippen molar-refractivity contribution >= 4 is 11.6 Å². The Bertz CT molecular complexity index is 1040. The van der Waals surface area contributed by atoms with Crippen LogP contribution >= 0.6 is 0 Å². The molecule has 0 amide bonds. The molecule has 0 aromatic heterocycles. The van der Waals surface area contributed by atoms with Gasteiger partial charge in [-0.15, -0.1) is 0 Å². The van der Waals surface area contributed by atoms with Gasteiger partial charge in [0.25, 0.3) is 0 Å². The third kappa shape index (κ3) is 12.2. The van der Waals surface area contributed by atoms with Gasteiger partial charge in [-0.2, -0.15) is 0 Å². The van der Waals surface area contributed by atoms with Gasteiger partial charge in [-0.3, -0.25) is 9.59 Å². The number of rotatable bonds is 19. The van der Waals surface area contributed by atoms with E-state index in [1.165, 1.54) is 51.4 Å². The van der Waals surface area contributed by atoms with E-state index in [-0.39, 0.29) is 23.4 Å². The van der Waals surface area contributed by atoms with E-state index in [0.29, 0.717) is 26.1 Å². The lowest BCUT2D eigenvalue weighted by molar-refractivity contribution is 0.0810. The molecule has 2 aliphatic rings. The molecule has 0 spiro atoms. The Labute approximate surface area is 279 Å². The molecule has 0 radical (unpaired) electrons. The predicted molar refractivity (Wildman–Crippen MR) is 188 cm³/mol. The van der Waals surface area contributed by atoms with Crippen molar-refractivity contribution in [3.05, 3.63) is 59.7 Å². The highest BCUT2D eigenvalue weighted by molar-refractivity contribution is 5.99. The second kappa shape index (κ2) is 20.5. The Morgan fingerprint density at radius 1 is 0.565 bits per heavy atom. The zero-order valence-corrected chi connectivity index (χ0v) is 28.9. The summed E-state index contributed by atoms with van der Waals surface area (Å²) >= 11 is 0. The van der Waals surface area contributed by atoms with E-state index in [1.807, 2.05) is 48.5 Å². The summed E-state index contributed by atoms with van der Waals surface area (Å²) in [4.78, 5) is 33.3. The van der Waals surface area contributed by atoms with E-state index >= 15 is 0 Å². The molecule has 254 valence electrons. The number of carbonyl (C=O) groups excluding carboxylic acids is 2. The summed E-state index contributed by atoms with van der Waals surface area (Å²) in [6.07, 6.45) is 15.5. The first-order valence-electron chi connectivity index (χ1n) is 18.6. The number of nitrogens with zero attached hydrogens (tertiary/aromatic N) is 2. The zero-order chi connectivity index (χ0) is 32.4. The van der Waals surface area contributed by atoms with Gasteiger partial charge >= 0.3 is 0 Å². The van der Waals surface area contributed by atoms with Gasteiger partial charge in [-0.1, -0.05) is 52.4 Å². The molecule has 6 nitrogen and oxygen atoms in total. The molecule has 0 aliphatic carbocycles. The lowest BCUT2D eigenvalue weighted by Gasteiger charge is -2.29. The molecule has 0 N–H and O–H groups in total. The van der Waals surface area contributed by atoms with Crippen LogP contribution in [0, 0.1) is 11.8 Å². The number of unbranched alkanes of at least 4 members (excludes halogenated alkanes) is 2. The fourth-order valence-electron chi connectivity index (χ4n) is 6.84. The first kappa shape index (κ1) is 36.1. The standard InChI is InChI=1S/C40H60N2O4/c1-3-5-29-45-37-21-17-33(18-22-37)39(43)35(31-41-25-11-7-8-12-26-41)15-16-36(32-42-27-13-9-10-14-28-42)40(44)34-19-23-38(24-20-34)46-30-6-4-2/h17-24,35-36H,3-16,25-32H2,1-2H3/t35-,36-/m0/s1. The minimum atomic E-state index is -0.140. The van der Waals surface area contributed by atoms with Crippen molar-refractivity contribution in [3.63, 3.8) is 0 Å². The number of carbonyl (C=O) groups is 2. The molecule has 2 aromatic carbocycles. The maximum atomic E-state index is 14.1. The molecular weight excluding hydrogens is 572 g/mol. The van der Waals surface area contributed by atoms with Crippen molar-refractivity contribution < 1.29 is 19.1 Å². The van der Waals surface area contributed by atoms with Crippen molar-refractivity contribution in [2.24, 2.45) is 11.8 Å². The highest BCUT2D eigenvalue weighted by Gasteiger charge is 2.29. The first-order valence-corrected chi connectivity index (χ1v) is 18.6. The van der Waals surface area contributed by atoms with Crippen LogP contribution in [0.1, 0.15) is 124 Å². The van der Waals surface area contributed by atoms with Gasteiger partial charge in [0, 0.05) is 36.1 Å². The van der Waals surface area contributed by atoms with Crippen LogP contribution in [0.25, 0.3) is 0 Å². The SMILES string of the molecule is CCCCOc1ccc(C(=O)[C@@H](CC[C@@H](CN2CCCCCC2)C(=O)c2ccc(OCCCC)cc2)CN2CCCCCC2)cc1. The van der Waals surface area contributed by atoms with Gasteiger partial charge in [0.1, 0.15) is 11.5 Å². The number of benzene rings is 2. The summed E-state index contributed by atoms with van der Waals surface area (Å²) in [6, 6.07) is 15.5. The molecule has 6 heteroatoms. The molecule has 2 saturated heterocycles. The number of ether oxygens (including phenoxy) is 2. The molecule has 0 bridgehead atoms. The molecule has 2 atom stereocenters. The molecule has 4 rings (SSSR count). The highest BCUT2D eigenvalue weighted by Crippen LogP contribution is 2.26. The molecule has 0 unspecified atom stereocenters. The number of ketones is 2. The van der Waals surface area contributed by atoms with Crippen LogP contribution in [-0.4, -0.2) is 73.8 Å². The van der Waals surface area contributed by atoms with Crippen molar-refractivity contribution in [1.29, 1.82) is 0 Å². The monoisotopic (exact) mass is 632 g/mol. The summed E-state index contributed by atoms with van der Waals surface area (Å²) in [5.41, 5.74) is 1.49. The Morgan fingerprint density at radius 3 is 1.24 bits per heavy atom. The van der Waals surface area contributed by atoms with Gasteiger partial charge in [-0.05, 0) is 126 Å². The maximum absolute atomic E-state index is 14.1. The summed E-state index contributed by atoms with van der Waals surface area (Å²) in [6.45, 7) is 11.4. The van der Waals surface area contributed by atoms with Gasteiger partial charge in [0.2, 0.25) is 0 Å². The van der Waals surface area contributed by atoms with Crippen LogP contribution in [-0.2, 0) is 0 Å². The van der Waals surface area contributed by atoms with E-state index < -0.39 is 0 Å². The zero-order valence-electron chi connectivity index (χ0n) is 28.9. The van der Waals surface area contributed by atoms with E-state index in [4.69, 9.17) is 9.47 Å². The van der Waals surface area contributed by atoms with Crippen molar-refractivity contribution in [2.75, 3.05) is 52.5 Å². The van der Waals surface area contributed by atoms with E-state index in [2.05, 4.69) is 23.6 Å². The minimum Gasteiger partial charge on any atom is -0.494 e. The number of hydrogen-bond acceptors (Lipinski definition) is 6. The van der Waals surface area contributed by atoms with E-state index in [1.54, 1.807) is 0 Å². The molecule has 2 heterocycles. The Balaban J connectivity index is 1.50. The third-order valence-electron chi connectivity index (χ3n) is 9.77. The Morgan fingerprint density at radius 2 is 0.913 bits per heavy atom. The molecule has 46 heavy (non-hydrogen) atoms. The minimum absolute atomic E-state index is 0.140. The fraction of sp³-hybridized carbons (Fsp3) is 0.650.